The lowest BCUT2D eigenvalue weighted by molar-refractivity contribution is -0.124. The van der Waals surface area contributed by atoms with E-state index in [4.69, 9.17) is 4.74 Å². The number of H-pyrrole nitrogens is 1. The second-order valence-electron chi connectivity index (χ2n) is 6.28. The van der Waals surface area contributed by atoms with Crippen LogP contribution in [0.1, 0.15) is 28.8 Å². The fraction of sp³-hybridized carbons (Fsp3) is 0.190. The summed E-state index contributed by atoms with van der Waals surface area (Å²) in [7, 11) is 0. The highest BCUT2D eigenvalue weighted by Crippen LogP contribution is 2.15. The first kappa shape index (κ1) is 18.4. The molecule has 6 nitrogen and oxygen atoms in total. The molecule has 1 heterocycles. The Morgan fingerprint density at radius 3 is 2.56 bits per heavy atom. The van der Waals surface area contributed by atoms with Crippen molar-refractivity contribution in [1.29, 1.82) is 0 Å². The molecule has 0 spiro atoms. The quantitative estimate of drug-likeness (QED) is 0.658. The van der Waals surface area contributed by atoms with E-state index in [1.165, 1.54) is 6.07 Å². The number of carbonyl (C=O) groups excluding carboxylic acids is 2. The molecule has 3 rings (SSSR count). The van der Waals surface area contributed by atoms with Gasteiger partial charge in [0.1, 0.15) is 0 Å². The van der Waals surface area contributed by atoms with E-state index in [9.17, 15) is 14.4 Å². The predicted octanol–water partition coefficient (Wildman–Crippen LogP) is 2.60. The Morgan fingerprint density at radius 1 is 1.07 bits per heavy atom. The number of carbonyl (C=O) groups is 2. The van der Waals surface area contributed by atoms with Gasteiger partial charge >= 0.3 is 5.97 Å². The zero-order valence-corrected chi connectivity index (χ0v) is 14.9. The average Bonchev–Trinajstić information content (AvgIpc) is 2.70. The minimum Gasteiger partial charge on any atom is -0.452 e. The summed E-state index contributed by atoms with van der Waals surface area (Å²) in [5.41, 5.74) is 1.39. The van der Waals surface area contributed by atoms with Gasteiger partial charge in [0, 0.05) is 23.5 Å². The third-order valence-electron chi connectivity index (χ3n) is 4.28. The summed E-state index contributed by atoms with van der Waals surface area (Å²) in [6.07, 6.45) is 0. The van der Waals surface area contributed by atoms with Gasteiger partial charge in [-0.2, -0.15) is 0 Å². The molecule has 0 unspecified atom stereocenters. The number of fused-ring (bicyclic) bond motifs is 1. The number of esters is 1. The van der Waals surface area contributed by atoms with E-state index >= 15 is 0 Å². The highest BCUT2D eigenvalue weighted by molar-refractivity contribution is 6.03. The summed E-state index contributed by atoms with van der Waals surface area (Å²) in [6, 6.07) is 17.9. The molecule has 0 saturated heterocycles. The van der Waals surface area contributed by atoms with Crippen molar-refractivity contribution < 1.29 is 14.3 Å². The molecule has 2 aromatic carbocycles. The predicted molar refractivity (Wildman–Crippen MR) is 103 cm³/mol. The van der Waals surface area contributed by atoms with Crippen molar-refractivity contribution in [3.05, 3.63) is 82.1 Å². The van der Waals surface area contributed by atoms with Gasteiger partial charge in [-0.3, -0.25) is 9.59 Å². The SMILES string of the molecule is C[C@@H](CNC(=O)COC(=O)c1cc(=O)[nH]c2ccccc12)c1ccccc1. The summed E-state index contributed by atoms with van der Waals surface area (Å²) in [5.74, 6) is -0.952. The molecule has 0 aliphatic heterocycles. The summed E-state index contributed by atoms with van der Waals surface area (Å²) < 4.78 is 5.09. The summed E-state index contributed by atoms with van der Waals surface area (Å²) >= 11 is 0. The van der Waals surface area contributed by atoms with Gasteiger partial charge in [0.05, 0.1) is 5.56 Å². The maximum Gasteiger partial charge on any atom is 0.339 e. The van der Waals surface area contributed by atoms with Crippen molar-refractivity contribution in [3.8, 4) is 0 Å². The number of ether oxygens (including phenoxy) is 1. The van der Waals surface area contributed by atoms with E-state index in [2.05, 4.69) is 10.3 Å². The maximum atomic E-state index is 12.3. The molecule has 0 bridgehead atoms. The Labute approximate surface area is 156 Å². The monoisotopic (exact) mass is 364 g/mol. The Bertz CT molecular complexity index is 1010. The van der Waals surface area contributed by atoms with E-state index in [0.29, 0.717) is 17.4 Å². The number of hydrogen-bond donors (Lipinski definition) is 2. The molecule has 0 aliphatic carbocycles. The molecule has 0 aliphatic rings. The Morgan fingerprint density at radius 2 is 1.78 bits per heavy atom. The molecule has 1 atom stereocenters. The number of benzene rings is 2. The molecule has 3 aromatic rings. The lowest BCUT2D eigenvalue weighted by Gasteiger charge is -2.13. The van der Waals surface area contributed by atoms with Crippen molar-refractivity contribution in [2.24, 2.45) is 0 Å². The van der Waals surface area contributed by atoms with Crippen molar-refractivity contribution in [1.82, 2.24) is 10.3 Å². The Balaban J connectivity index is 1.58. The van der Waals surface area contributed by atoms with E-state index in [-0.39, 0.29) is 17.4 Å². The average molecular weight is 364 g/mol. The zero-order chi connectivity index (χ0) is 19.2. The van der Waals surface area contributed by atoms with Crippen LogP contribution < -0.4 is 10.9 Å². The molecule has 1 aromatic heterocycles. The van der Waals surface area contributed by atoms with Gasteiger partial charge in [0.2, 0.25) is 5.56 Å². The number of rotatable bonds is 6. The zero-order valence-electron chi connectivity index (χ0n) is 14.9. The van der Waals surface area contributed by atoms with Crippen LogP contribution in [0.3, 0.4) is 0 Å². The molecule has 0 fully saturated rings. The van der Waals surface area contributed by atoms with Gasteiger partial charge in [-0.05, 0) is 17.5 Å². The summed E-state index contributed by atoms with van der Waals surface area (Å²) in [4.78, 5) is 38.7. The third-order valence-corrected chi connectivity index (χ3v) is 4.28. The largest absolute Gasteiger partial charge is 0.452 e. The smallest absolute Gasteiger partial charge is 0.339 e. The van der Waals surface area contributed by atoms with Gasteiger partial charge in [-0.25, -0.2) is 4.79 Å². The standard InChI is InChI=1S/C21H20N2O4/c1-14(15-7-3-2-4-8-15)12-22-20(25)13-27-21(26)17-11-19(24)23-18-10-6-5-9-16(17)18/h2-11,14H,12-13H2,1H3,(H,22,25)(H,23,24)/t14-/m0/s1. The molecule has 0 radical (unpaired) electrons. The fourth-order valence-electron chi connectivity index (χ4n) is 2.80. The molecule has 138 valence electrons. The Hall–Kier alpha value is -3.41. The first-order valence-electron chi connectivity index (χ1n) is 8.65. The normalized spacial score (nSPS) is 11.7. The van der Waals surface area contributed by atoms with Crippen LogP contribution in [-0.2, 0) is 9.53 Å². The van der Waals surface area contributed by atoms with Crippen LogP contribution in [0, 0.1) is 0 Å². The lowest BCUT2D eigenvalue weighted by atomic mass is 10.0. The fourth-order valence-corrected chi connectivity index (χ4v) is 2.80. The summed E-state index contributed by atoms with van der Waals surface area (Å²) in [6.45, 7) is 2.04. The van der Waals surface area contributed by atoms with Crippen LogP contribution in [-0.4, -0.2) is 30.0 Å². The number of amides is 1. The van der Waals surface area contributed by atoms with Crippen molar-refractivity contribution in [2.45, 2.75) is 12.8 Å². The first-order valence-corrected chi connectivity index (χ1v) is 8.65. The van der Waals surface area contributed by atoms with Gasteiger partial charge < -0.3 is 15.0 Å². The van der Waals surface area contributed by atoms with E-state index in [1.807, 2.05) is 37.3 Å². The van der Waals surface area contributed by atoms with E-state index in [1.54, 1.807) is 24.3 Å². The number of nitrogens with one attached hydrogen (secondary N) is 2. The molecular formula is C21H20N2O4. The Kier molecular flexibility index (Phi) is 5.66. The number of hydrogen-bond acceptors (Lipinski definition) is 4. The van der Waals surface area contributed by atoms with Crippen molar-refractivity contribution in [3.63, 3.8) is 0 Å². The van der Waals surface area contributed by atoms with Gasteiger partial charge in [-0.1, -0.05) is 55.5 Å². The number of para-hydroxylation sites is 1. The second kappa shape index (κ2) is 8.31. The summed E-state index contributed by atoms with van der Waals surface area (Å²) in [5, 5.41) is 3.32. The van der Waals surface area contributed by atoms with Crippen LogP contribution in [0.4, 0.5) is 0 Å². The van der Waals surface area contributed by atoms with Crippen molar-refractivity contribution >= 4 is 22.8 Å². The van der Waals surface area contributed by atoms with Gasteiger partial charge in [0.15, 0.2) is 6.61 Å². The van der Waals surface area contributed by atoms with Crippen LogP contribution in [0.25, 0.3) is 10.9 Å². The van der Waals surface area contributed by atoms with E-state index < -0.39 is 18.1 Å². The second-order valence-corrected chi connectivity index (χ2v) is 6.28. The lowest BCUT2D eigenvalue weighted by Crippen LogP contribution is -2.31. The molecule has 1 amide bonds. The molecule has 2 N–H and O–H groups in total. The highest BCUT2D eigenvalue weighted by Gasteiger charge is 2.15. The molecule has 0 saturated carbocycles. The molecular weight excluding hydrogens is 344 g/mol. The molecule has 27 heavy (non-hydrogen) atoms. The van der Waals surface area contributed by atoms with Crippen LogP contribution in [0.5, 0.6) is 0 Å². The minimum absolute atomic E-state index is 0.139. The first-order chi connectivity index (χ1) is 13.0. The molecule has 6 heteroatoms. The van der Waals surface area contributed by atoms with E-state index in [0.717, 1.165) is 5.56 Å². The minimum atomic E-state index is -0.705. The third kappa shape index (κ3) is 4.61. The number of aromatic nitrogens is 1. The number of pyridine rings is 1. The van der Waals surface area contributed by atoms with Crippen LogP contribution in [0.15, 0.2) is 65.5 Å². The van der Waals surface area contributed by atoms with Gasteiger partial charge in [0.25, 0.3) is 5.91 Å². The maximum absolute atomic E-state index is 12.3. The van der Waals surface area contributed by atoms with Gasteiger partial charge in [-0.15, -0.1) is 0 Å². The topological polar surface area (TPSA) is 88.3 Å². The van der Waals surface area contributed by atoms with Crippen LogP contribution >= 0.6 is 0 Å². The van der Waals surface area contributed by atoms with Crippen LogP contribution in [0.2, 0.25) is 0 Å². The number of aromatic amines is 1. The van der Waals surface area contributed by atoms with Crippen molar-refractivity contribution in [2.75, 3.05) is 13.2 Å². The highest BCUT2D eigenvalue weighted by atomic mass is 16.5.